The largest absolute Gasteiger partial charge is 0.456 e. The summed E-state index contributed by atoms with van der Waals surface area (Å²) in [7, 11) is 0. The van der Waals surface area contributed by atoms with Crippen LogP contribution in [0.2, 0.25) is 0 Å². The van der Waals surface area contributed by atoms with E-state index in [-0.39, 0.29) is 5.91 Å². The van der Waals surface area contributed by atoms with E-state index in [0.29, 0.717) is 17.8 Å². The van der Waals surface area contributed by atoms with Gasteiger partial charge in [0.1, 0.15) is 5.76 Å². The number of ether oxygens (including phenoxy) is 1. The first-order valence-electron chi connectivity index (χ1n) is 8.91. The fraction of sp³-hybridized carbons (Fsp3) is 0.722. The van der Waals surface area contributed by atoms with Crippen LogP contribution in [0.4, 0.5) is 0 Å². The zero-order chi connectivity index (χ0) is 15.8. The Morgan fingerprint density at radius 3 is 2.65 bits per heavy atom. The monoisotopic (exact) mass is 318 g/mol. The summed E-state index contributed by atoms with van der Waals surface area (Å²) in [5.41, 5.74) is 0. The van der Waals surface area contributed by atoms with Gasteiger partial charge >= 0.3 is 0 Å². The Bertz CT molecular complexity index is 564. The number of hydrogen-bond acceptors (Lipinski definition) is 4. The zero-order valence-electron chi connectivity index (χ0n) is 13.9. The van der Waals surface area contributed by atoms with E-state index in [2.05, 4.69) is 4.90 Å². The van der Waals surface area contributed by atoms with E-state index in [4.69, 9.17) is 9.15 Å². The molecule has 1 amide bonds. The number of likely N-dealkylation sites (tertiary alicyclic amines) is 2. The first-order valence-corrected chi connectivity index (χ1v) is 8.91. The number of furan rings is 1. The van der Waals surface area contributed by atoms with Gasteiger partial charge in [-0.3, -0.25) is 9.69 Å². The summed E-state index contributed by atoms with van der Waals surface area (Å²) in [5.74, 6) is 2.13. The van der Waals surface area contributed by atoms with Crippen molar-refractivity contribution in [1.29, 1.82) is 0 Å². The van der Waals surface area contributed by atoms with Crippen LogP contribution in [0.5, 0.6) is 0 Å². The van der Waals surface area contributed by atoms with E-state index in [1.165, 1.54) is 19.4 Å². The lowest BCUT2D eigenvalue weighted by molar-refractivity contribution is 0.0501. The second-order valence-electron chi connectivity index (χ2n) is 7.17. The molecule has 3 aliphatic rings. The van der Waals surface area contributed by atoms with Crippen molar-refractivity contribution in [3.8, 4) is 0 Å². The third-order valence-electron chi connectivity index (χ3n) is 5.74. The minimum Gasteiger partial charge on any atom is -0.456 e. The normalized spacial score (nSPS) is 29.2. The smallest absolute Gasteiger partial charge is 0.289 e. The number of hydrogen-bond donors (Lipinski definition) is 0. The molecule has 0 spiro atoms. The highest BCUT2D eigenvalue weighted by Gasteiger charge is 2.45. The average Bonchev–Trinajstić information content (AvgIpc) is 3.25. The minimum atomic E-state index is 0.0681. The van der Waals surface area contributed by atoms with Crippen LogP contribution in [-0.2, 0) is 4.74 Å². The highest BCUT2D eigenvalue weighted by Crippen LogP contribution is 2.34. The SMILES string of the molecule is Cc1ccc(C(=O)N2CC[C@@H]3[C@@H]2CCN3CC2CCOCC2)o1. The van der Waals surface area contributed by atoms with Gasteiger partial charge in [0, 0.05) is 44.9 Å². The molecule has 0 aliphatic carbocycles. The van der Waals surface area contributed by atoms with Crippen molar-refractivity contribution in [3.05, 3.63) is 23.7 Å². The molecule has 126 valence electrons. The second kappa shape index (κ2) is 6.29. The van der Waals surface area contributed by atoms with Crippen molar-refractivity contribution in [2.24, 2.45) is 5.92 Å². The lowest BCUT2D eigenvalue weighted by atomic mass is 9.99. The highest BCUT2D eigenvalue weighted by atomic mass is 16.5. The number of amides is 1. The number of carbonyl (C=O) groups excluding carboxylic acids is 1. The summed E-state index contributed by atoms with van der Waals surface area (Å²) < 4.78 is 11.0. The highest BCUT2D eigenvalue weighted by molar-refractivity contribution is 5.92. The summed E-state index contributed by atoms with van der Waals surface area (Å²) in [6.45, 7) is 6.86. The molecule has 1 aromatic heterocycles. The fourth-order valence-corrected chi connectivity index (χ4v) is 4.51. The maximum Gasteiger partial charge on any atom is 0.289 e. The van der Waals surface area contributed by atoms with Gasteiger partial charge in [0.15, 0.2) is 5.76 Å². The quantitative estimate of drug-likeness (QED) is 0.858. The van der Waals surface area contributed by atoms with Crippen LogP contribution in [0.3, 0.4) is 0 Å². The van der Waals surface area contributed by atoms with Gasteiger partial charge in [-0.25, -0.2) is 0 Å². The second-order valence-corrected chi connectivity index (χ2v) is 7.17. The van der Waals surface area contributed by atoms with Gasteiger partial charge < -0.3 is 14.1 Å². The molecule has 0 aromatic carbocycles. The van der Waals surface area contributed by atoms with Crippen molar-refractivity contribution < 1.29 is 13.9 Å². The van der Waals surface area contributed by atoms with Crippen LogP contribution in [0.1, 0.15) is 42.0 Å². The molecule has 2 atom stereocenters. The van der Waals surface area contributed by atoms with Crippen LogP contribution in [0.25, 0.3) is 0 Å². The molecule has 0 N–H and O–H groups in total. The van der Waals surface area contributed by atoms with E-state index in [9.17, 15) is 4.79 Å². The van der Waals surface area contributed by atoms with Gasteiger partial charge in [0.25, 0.3) is 5.91 Å². The van der Waals surface area contributed by atoms with E-state index >= 15 is 0 Å². The lowest BCUT2D eigenvalue weighted by Gasteiger charge is -2.30. The molecule has 3 aliphatic heterocycles. The third-order valence-corrected chi connectivity index (χ3v) is 5.74. The molecule has 3 saturated heterocycles. The predicted molar refractivity (Wildman–Crippen MR) is 86.4 cm³/mol. The molecule has 1 aromatic rings. The Morgan fingerprint density at radius 1 is 1.13 bits per heavy atom. The first kappa shape index (κ1) is 15.2. The Morgan fingerprint density at radius 2 is 1.91 bits per heavy atom. The van der Waals surface area contributed by atoms with Crippen LogP contribution in [-0.4, -0.2) is 60.6 Å². The molecule has 0 saturated carbocycles. The fourth-order valence-electron chi connectivity index (χ4n) is 4.51. The maximum atomic E-state index is 12.7. The molecule has 23 heavy (non-hydrogen) atoms. The molecular formula is C18H26N2O3. The molecule has 0 unspecified atom stereocenters. The van der Waals surface area contributed by atoms with E-state index in [1.807, 2.05) is 17.9 Å². The van der Waals surface area contributed by atoms with E-state index in [1.54, 1.807) is 6.07 Å². The molecule has 3 fully saturated rings. The van der Waals surface area contributed by atoms with Gasteiger partial charge in [-0.2, -0.15) is 0 Å². The summed E-state index contributed by atoms with van der Waals surface area (Å²) in [4.78, 5) is 17.4. The Hall–Kier alpha value is -1.33. The van der Waals surface area contributed by atoms with Gasteiger partial charge in [0.05, 0.1) is 0 Å². The molecule has 5 heteroatoms. The lowest BCUT2D eigenvalue weighted by Crippen LogP contribution is -2.41. The topological polar surface area (TPSA) is 45.9 Å². The Labute approximate surface area is 137 Å². The Kier molecular flexibility index (Phi) is 4.16. The predicted octanol–water partition coefficient (Wildman–Crippen LogP) is 2.30. The van der Waals surface area contributed by atoms with Crippen molar-refractivity contribution in [3.63, 3.8) is 0 Å². The van der Waals surface area contributed by atoms with Crippen LogP contribution in [0.15, 0.2) is 16.5 Å². The summed E-state index contributed by atoms with van der Waals surface area (Å²) in [6, 6.07) is 4.58. The number of carbonyl (C=O) groups is 1. The number of rotatable bonds is 3. The van der Waals surface area contributed by atoms with Gasteiger partial charge in [-0.15, -0.1) is 0 Å². The minimum absolute atomic E-state index is 0.0681. The molecule has 4 rings (SSSR count). The Balaban J connectivity index is 1.40. The average molecular weight is 318 g/mol. The van der Waals surface area contributed by atoms with Gasteiger partial charge in [-0.1, -0.05) is 0 Å². The molecule has 0 radical (unpaired) electrons. The number of nitrogens with zero attached hydrogens (tertiary/aromatic N) is 2. The van der Waals surface area contributed by atoms with Crippen molar-refractivity contribution in [2.75, 3.05) is 32.8 Å². The van der Waals surface area contributed by atoms with Crippen LogP contribution in [0, 0.1) is 12.8 Å². The standard InChI is InChI=1S/C18H26N2O3/c1-13-2-3-17(23-13)18(21)20-9-5-15-16(20)4-8-19(15)12-14-6-10-22-11-7-14/h2-3,14-16H,4-12H2,1H3/t15-,16+/m1/s1. The molecule has 4 heterocycles. The van der Waals surface area contributed by atoms with Crippen molar-refractivity contribution >= 4 is 5.91 Å². The summed E-state index contributed by atoms with van der Waals surface area (Å²) in [5, 5.41) is 0. The number of fused-ring (bicyclic) bond motifs is 1. The third kappa shape index (κ3) is 2.92. The molecule has 5 nitrogen and oxygen atoms in total. The number of aryl methyl sites for hydroxylation is 1. The maximum absolute atomic E-state index is 12.7. The first-order chi connectivity index (χ1) is 11.2. The van der Waals surface area contributed by atoms with Gasteiger partial charge in [0.2, 0.25) is 0 Å². The summed E-state index contributed by atoms with van der Waals surface area (Å²) >= 11 is 0. The van der Waals surface area contributed by atoms with Crippen molar-refractivity contribution in [1.82, 2.24) is 9.80 Å². The van der Waals surface area contributed by atoms with E-state index < -0.39 is 0 Å². The van der Waals surface area contributed by atoms with Gasteiger partial charge in [-0.05, 0) is 50.7 Å². The van der Waals surface area contributed by atoms with E-state index in [0.717, 1.165) is 50.8 Å². The molecular weight excluding hydrogens is 292 g/mol. The van der Waals surface area contributed by atoms with Crippen LogP contribution >= 0.6 is 0 Å². The zero-order valence-corrected chi connectivity index (χ0v) is 13.9. The van der Waals surface area contributed by atoms with Crippen molar-refractivity contribution in [2.45, 2.75) is 44.7 Å². The van der Waals surface area contributed by atoms with Crippen LogP contribution < -0.4 is 0 Å². The summed E-state index contributed by atoms with van der Waals surface area (Å²) in [6.07, 6.45) is 4.56. The molecule has 0 bridgehead atoms.